The number of carbonyl (C=O) groups is 2. The third-order valence-corrected chi connectivity index (χ3v) is 5.29. The van der Waals surface area contributed by atoms with Gasteiger partial charge in [-0.25, -0.2) is 0 Å². The number of aromatic nitrogens is 1. The van der Waals surface area contributed by atoms with Crippen LogP contribution in [0.1, 0.15) is 10.5 Å². The van der Waals surface area contributed by atoms with E-state index in [1.165, 1.54) is 0 Å². The number of ketones is 1. The molecule has 138 valence electrons. The van der Waals surface area contributed by atoms with Crippen LogP contribution in [-0.4, -0.2) is 59.1 Å². The number of piperazine rings is 1. The average molecular weight is 382 g/mol. The first-order chi connectivity index (χ1) is 13.0. The Hall–Kier alpha value is -2.63. The molecule has 27 heavy (non-hydrogen) atoms. The van der Waals surface area contributed by atoms with Gasteiger partial charge in [-0.1, -0.05) is 29.8 Å². The van der Waals surface area contributed by atoms with Gasteiger partial charge < -0.3 is 14.2 Å². The van der Waals surface area contributed by atoms with Gasteiger partial charge >= 0.3 is 0 Å². The largest absolute Gasteiger partial charge is 0.333 e. The van der Waals surface area contributed by atoms with E-state index >= 15 is 0 Å². The lowest BCUT2D eigenvalue weighted by atomic mass is 10.0. The molecule has 0 saturated carbocycles. The first-order valence-electron chi connectivity index (χ1n) is 8.93. The van der Waals surface area contributed by atoms with E-state index in [1.807, 2.05) is 49.6 Å². The van der Waals surface area contributed by atoms with Crippen molar-refractivity contribution >= 4 is 28.8 Å². The highest BCUT2D eigenvalue weighted by atomic mass is 35.5. The lowest BCUT2D eigenvalue weighted by Gasteiger charge is -2.31. The minimum Gasteiger partial charge on any atom is -0.333 e. The Morgan fingerprint density at radius 1 is 0.963 bits per heavy atom. The molecule has 0 bridgehead atoms. The van der Waals surface area contributed by atoms with Gasteiger partial charge in [0, 0.05) is 48.5 Å². The Morgan fingerprint density at radius 2 is 1.67 bits per heavy atom. The Morgan fingerprint density at radius 3 is 2.37 bits per heavy atom. The van der Waals surface area contributed by atoms with Crippen LogP contribution in [0.15, 0.2) is 54.7 Å². The zero-order valence-electron chi connectivity index (χ0n) is 15.1. The summed E-state index contributed by atoms with van der Waals surface area (Å²) in [6, 6.07) is 14.9. The average Bonchev–Trinajstić information content (AvgIpc) is 3.07. The summed E-state index contributed by atoms with van der Waals surface area (Å²) >= 11 is 6.01. The lowest BCUT2D eigenvalue weighted by Crippen LogP contribution is -2.49. The molecule has 3 heterocycles. The third-order valence-electron chi connectivity index (χ3n) is 5.03. The summed E-state index contributed by atoms with van der Waals surface area (Å²) in [5.41, 5.74) is 2.87. The quantitative estimate of drug-likeness (QED) is 0.517. The van der Waals surface area contributed by atoms with Crippen LogP contribution in [0.4, 0.5) is 0 Å². The highest BCUT2D eigenvalue weighted by molar-refractivity contribution is 6.43. The van der Waals surface area contributed by atoms with Crippen molar-refractivity contribution in [2.75, 3.05) is 33.2 Å². The predicted molar refractivity (Wildman–Crippen MR) is 106 cm³/mol. The van der Waals surface area contributed by atoms with E-state index in [0.717, 1.165) is 29.7 Å². The number of pyridine rings is 1. The maximum absolute atomic E-state index is 13.2. The molecule has 6 heteroatoms. The van der Waals surface area contributed by atoms with Crippen LogP contribution < -0.4 is 0 Å². The van der Waals surface area contributed by atoms with Crippen molar-refractivity contribution < 1.29 is 9.59 Å². The normalized spacial score (nSPS) is 15.3. The third kappa shape index (κ3) is 3.36. The Balaban J connectivity index is 1.77. The molecule has 4 rings (SSSR count). The van der Waals surface area contributed by atoms with Gasteiger partial charge in [0.25, 0.3) is 11.7 Å². The zero-order valence-corrected chi connectivity index (χ0v) is 15.8. The van der Waals surface area contributed by atoms with Crippen molar-refractivity contribution in [2.24, 2.45) is 0 Å². The fourth-order valence-corrected chi connectivity index (χ4v) is 3.59. The van der Waals surface area contributed by atoms with Gasteiger partial charge in [0.05, 0.1) is 0 Å². The maximum Gasteiger partial charge on any atom is 0.296 e. The van der Waals surface area contributed by atoms with Gasteiger partial charge in [0.1, 0.15) is 5.69 Å². The zero-order chi connectivity index (χ0) is 19.0. The van der Waals surface area contributed by atoms with Crippen LogP contribution >= 0.6 is 11.6 Å². The van der Waals surface area contributed by atoms with Crippen LogP contribution in [0, 0.1) is 0 Å². The van der Waals surface area contributed by atoms with Gasteiger partial charge in [-0.15, -0.1) is 0 Å². The number of likely N-dealkylation sites (N-methyl/N-ethyl adjacent to an activating group) is 1. The summed E-state index contributed by atoms with van der Waals surface area (Å²) in [7, 11) is 2.02. The molecule has 1 aliphatic rings. The van der Waals surface area contributed by atoms with Crippen LogP contribution in [0.2, 0.25) is 5.02 Å². The minimum atomic E-state index is -0.476. The van der Waals surface area contributed by atoms with E-state index < -0.39 is 11.7 Å². The SMILES string of the molecule is CN1CCN(C(=O)C(=O)c2c(-c3ccc(Cl)cc3)cc3ccccn23)CC1. The molecule has 1 aliphatic heterocycles. The van der Waals surface area contributed by atoms with Gasteiger partial charge in [0.2, 0.25) is 0 Å². The number of rotatable bonds is 3. The molecule has 5 nitrogen and oxygen atoms in total. The van der Waals surface area contributed by atoms with Crippen molar-refractivity contribution in [1.82, 2.24) is 14.2 Å². The fourth-order valence-electron chi connectivity index (χ4n) is 3.46. The van der Waals surface area contributed by atoms with Crippen LogP contribution in [-0.2, 0) is 4.79 Å². The molecule has 0 radical (unpaired) electrons. The molecule has 1 aromatic carbocycles. The number of hydrogen-bond acceptors (Lipinski definition) is 3. The summed E-state index contributed by atoms with van der Waals surface area (Å²) in [6.07, 6.45) is 1.82. The molecular weight excluding hydrogens is 362 g/mol. The van der Waals surface area contributed by atoms with E-state index in [-0.39, 0.29) is 0 Å². The van der Waals surface area contributed by atoms with Gasteiger partial charge in [-0.05, 0) is 42.9 Å². The van der Waals surface area contributed by atoms with Crippen molar-refractivity contribution in [3.05, 3.63) is 65.4 Å². The summed E-state index contributed by atoms with van der Waals surface area (Å²) < 4.78 is 1.79. The van der Waals surface area contributed by atoms with Gasteiger partial charge in [-0.3, -0.25) is 9.59 Å². The van der Waals surface area contributed by atoms with Gasteiger partial charge in [-0.2, -0.15) is 0 Å². The second kappa shape index (κ2) is 7.18. The molecule has 0 N–H and O–H groups in total. The number of nitrogens with zero attached hydrogens (tertiary/aromatic N) is 3. The number of halogens is 1. The molecule has 0 spiro atoms. The highest BCUT2D eigenvalue weighted by Crippen LogP contribution is 2.29. The molecule has 0 atom stereocenters. The highest BCUT2D eigenvalue weighted by Gasteiger charge is 2.30. The van der Waals surface area contributed by atoms with E-state index in [0.29, 0.717) is 23.8 Å². The van der Waals surface area contributed by atoms with E-state index in [9.17, 15) is 9.59 Å². The molecule has 1 fully saturated rings. The smallest absolute Gasteiger partial charge is 0.296 e. The summed E-state index contributed by atoms with van der Waals surface area (Å²) in [5.74, 6) is -0.919. The lowest BCUT2D eigenvalue weighted by molar-refractivity contribution is -0.127. The molecule has 1 saturated heterocycles. The van der Waals surface area contributed by atoms with Crippen molar-refractivity contribution in [1.29, 1.82) is 0 Å². The van der Waals surface area contributed by atoms with Crippen molar-refractivity contribution in [3.8, 4) is 11.1 Å². The van der Waals surface area contributed by atoms with Crippen LogP contribution in [0.3, 0.4) is 0 Å². The first kappa shape index (κ1) is 17.8. The molecule has 1 amide bonds. The van der Waals surface area contributed by atoms with E-state index in [1.54, 1.807) is 21.4 Å². The molecule has 0 unspecified atom stereocenters. The second-order valence-corrected chi connectivity index (χ2v) is 7.27. The first-order valence-corrected chi connectivity index (χ1v) is 9.30. The fraction of sp³-hybridized carbons (Fsp3) is 0.238. The summed E-state index contributed by atoms with van der Waals surface area (Å²) in [6.45, 7) is 2.69. The number of fused-ring (bicyclic) bond motifs is 1. The maximum atomic E-state index is 13.2. The van der Waals surface area contributed by atoms with Crippen LogP contribution in [0.5, 0.6) is 0 Å². The minimum absolute atomic E-state index is 0.400. The van der Waals surface area contributed by atoms with Crippen LogP contribution in [0.25, 0.3) is 16.6 Å². The topological polar surface area (TPSA) is 45.0 Å². The summed E-state index contributed by atoms with van der Waals surface area (Å²) in [5, 5.41) is 0.629. The van der Waals surface area contributed by atoms with Crippen molar-refractivity contribution in [2.45, 2.75) is 0 Å². The molecule has 0 aliphatic carbocycles. The number of amides is 1. The Kier molecular flexibility index (Phi) is 4.72. The Labute approximate surface area is 162 Å². The molecule has 2 aromatic heterocycles. The van der Waals surface area contributed by atoms with E-state index in [2.05, 4.69) is 4.90 Å². The Bertz CT molecular complexity index is 1000. The summed E-state index contributed by atoms with van der Waals surface area (Å²) in [4.78, 5) is 29.9. The molecular formula is C21H20ClN3O2. The second-order valence-electron chi connectivity index (χ2n) is 6.83. The molecule has 3 aromatic rings. The van der Waals surface area contributed by atoms with Gasteiger partial charge in [0.15, 0.2) is 0 Å². The number of Topliss-reactive ketones (excluding diaryl/α,β-unsaturated/α-hetero) is 1. The number of carbonyl (C=O) groups excluding carboxylic acids is 2. The standard InChI is InChI=1S/C21H20ClN3O2/c1-23-10-12-24(13-11-23)21(27)20(26)19-18(15-5-7-16(22)8-6-15)14-17-4-2-3-9-25(17)19/h2-9,14H,10-13H2,1H3. The van der Waals surface area contributed by atoms with Crippen molar-refractivity contribution in [3.63, 3.8) is 0 Å². The number of benzene rings is 1. The predicted octanol–water partition coefficient (Wildman–Crippen LogP) is 3.22. The number of hydrogen-bond donors (Lipinski definition) is 0. The monoisotopic (exact) mass is 381 g/mol. The van der Waals surface area contributed by atoms with E-state index in [4.69, 9.17) is 11.6 Å².